The van der Waals surface area contributed by atoms with Crippen molar-refractivity contribution < 1.29 is 14.6 Å². The van der Waals surface area contributed by atoms with Crippen molar-refractivity contribution in [2.75, 3.05) is 20.8 Å². The summed E-state index contributed by atoms with van der Waals surface area (Å²) in [6.07, 6.45) is 0.823. The van der Waals surface area contributed by atoms with Crippen LogP contribution in [0, 0.1) is 5.92 Å². The Bertz CT molecular complexity index is 287. The Labute approximate surface area is 90.6 Å². The average Bonchev–Trinajstić information content (AvgIpc) is 2.28. The highest BCUT2D eigenvalue weighted by atomic mass is 16.5. The molecular weight excluding hydrogens is 192 g/mol. The van der Waals surface area contributed by atoms with E-state index in [1.54, 1.807) is 14.2 Å². The van der Waals surface area contributed by atoms with Crippen LogP contribution >= 0.6 is 0 Å². The van der Waals surface area contributed by atoms with E-state index in [1.807, 2.05) is 25.1 Å². The van der Waals surface area contributed by atoms with E-state index in [4.69, 9.17) is 14.6 Å². The zero-order valence-corrected chi connectivity index (χ0v) is 9.49. The standard InChI is InChI=1S/C12H18O3/c1-9(8-13)4-10-5-11(14-2)7-12(6-10)15-3/h5-7,9,13H,4,8H2,1-3H3/t9-/m1/s1. The highest BCUT2D eigenvalue weighted by molar-refractivity contribution is 5.38. The van der Waals surface area contributed by atoms with Crippen LogP contribution < -0.4 is 9.47 Å². The molecule has 0 unspecified atom stereocenters. The Hall–Kier alpha value is -1.22. The fraction of sp³-hybridized carbons (Fsp3) is 0.500. The Kier molecular flexibility index (Phi) is 4.43. The molecule has 3 nitrogen and oxygen atoms in total. The maximum atomic E-state index is 8.99. The molecule has 1 rings (SSSR count). The number of hydrogen-bond donors (Lipinski definition) is 1. The third-order valence-corrected chi connectivity index (χ3v) is 2.31. The first-order chi connectivity index (χ1) is 7.19. The molecule has 3 heteroatoms. The van der Waals surface area contributed by atoms with E-state index < -0.39 is 0 Å². The normalized spacial score (nSPS) is 12.3. The van der Waals surface area contributed by atoms with Gasteiger partial charge in [-0.3, -0.25) is 0 Å². The van der Waals surface area contributed by atoms with Gasteiger partial charge in [0.25, 0.3) is 0 Å². The van der Waals surface area contributed by atoms with Crippen LogP contribution in [0.15, 0.2) is 18.2 Å². The number of aliphatic hydroxyl groups is 1. The van der Waals surface area contributed by atoms with Crippen molar-refractivity contribution in [2.24, 2.45) is 5.92 Å². The van der Waals surface area contributed by atoms with Crippen LogP contribution in [-0.4, -0.2) is 25.9 Å². The predicted octanol–water partition coefficient (Wildman–Crippen LogP) is 1.87. The summed E-state index contributed by atoms with van der Waals surface area (Å²) in [5.74, 6) is 1.82. The summed E-state index contributed by atoms with van der Waals surface area (Å²) in [6, 6.07) is 5.77. The molecule has 84 valence electrons. The smallest absolute Gasteiger partial charge is 0.122 e. The van der Waals surface area contributed by atoms with E-state index >= 15 is 0 Å². The van der Waals surface area contributed by atoms with Crippen molar-refractivity contribution >= 4 is 0 Å². The molecule has 15 heavy (non-hydrogen) atoms. The molecule has 1 atom stereocenters. The van der Waals surface area contributed by atoms with E-state index in [2.05, 4.69) is 0 Å². The first-order valence-corrected chi connectivity index (χ1v) is 5.02. The molecule has 0 aliphatic heterocycles. The van der Waals surface area contributed by atoms with Gasteiger partial charge in [-0.15, -0.1) is 0 Å². The molecule has 0 saturated carbocycles. The molecule has 0 spiro atoms. The van der Waals surface area contributed by atoms with Crippen molar-refractivity contribution in [2.45, 2.75) is 13.3 Å². The molecule has 1 N–H and O–H groups in total. The van der Waals surface area contributed by atoms with Gasteiger partial charge in [0.05, 0.1) is 14.2 Å². The molecule has 0 aliphatic rings. The first-order valence-electron chi connectivity index (χ1n) is 5.02. The van der Waals surface area contributed by atoms with Crippen LogP contribution in [0.1, 0.15) is 12.5 Å². The fourth-order valence-corrected chi connectivity index (χ4v) is 1.45. The summed E-state index contributed by atoms with van der Waals surface area (Å²) in [6.45, 7) is 2.20. The molecule has 0 saturated heterocycles. The molecule has 0 fully saturated rings. The van der Waals surface area contributed by atoms with E-state index in [9.17, 15) is 0 Å². The molecule has 0 aromatic heterocycles. The topological polar surface area (TPSA) is 38.7 Å². The second-order valence-electron chi connectivity index (χ2n) is 3.71. The number of ether oxygens (including phenoxy) is 2. The Balaban J connectivity index is 2.86. The summed E-state index contributed by atoms with van der Waals surface area (Å²) in [7, 11) is 3.27. The van der Waals surface area contributed by atoms with Crippen molar-refractivity contribution in [3.05, 3.63) is 23.8 Å². The van der Waals surface area contributed by atoms with Gasteiger partial charge in [-0.2, -0.15) is 0 Å². The zero-order valence-electron chi connectivity index (χ0n) is 9.49. The highest BCUT2D eigenvalue weighted by Gasteiger charge is 2.05. The van der Waals surface area contributed by atoms with E-state index in [-0.39, 0.29) is 12.5 Å². The summed E-state index contributed by atoms with van der Waals surface area (Å²) >= 11 is 0. The number of rotatable bonds is 5. The van der Waals surface area contributed by atoms with Gasteiger partial charge >= 0.3 is 0 Å². The van der Waals surface area contributed by atoms with Crippen molar-refractivity contribution in [3.8, 4) is 11.5 Å². The van der Waals surface area contributed by atoms with Crippen LogP contribution in [-0.2, 0) is 6.42 Å². The Morgan fingerprint density at radius 2 is 1.67 bits per heavy atom. The third kappa shape index (κ3) is 3.44. The second-order valence-corrected chi connectivity index (χ2v) is 3.71. The lowest BCUT2D eigenvalue weighted by Crippen LogP contribution is -2.04. The van der Waals surface area contributed by atoms with E-state index in [0.29, 0.717) is 0 Å². The maximum absolute atomic E-state index is 8.99. The molecular formula is C12H18O3. The van der Waals surface area contributed by atoms with Gasteiger partial charge < -0.3 is 14.6 Å². The lowest BCUT2D eigenvalue weighted by molar-refractivity contribution is 0.237. The summed E-state index contributed by atoms with van der Waals surface area (Å²) in [5, 5.41) is 8.99. The van der Waals surface area contributed by atoms with Gasteiger partial charge in [0, 0.05) is 12.7 Å². The largest absolute Gasteiger partial charge is 0.497 e. The molecule has 1 aromatic carbocycles. The zero-order chi connectivity index (χ0) is 11.3. The molecule has 0 heterocycles. The quantitative estimate of drug-likeness (QED) is 0.806. The fourth-order valence-electron chi connectivity index (χ4n) is 1.45. The molecule has 1 aromatic rings. The third-order valence-electron chi connectivity index (χ3n) is 2.31. The lowest BCUT2D eigenvalue weighted by Gasteiger charge is -2.11. The minimum Gasteiger partial charge on any atom is -0.497 e. The van der Waals surface area contributed by atoms with Crippen LogP contribution in [0.2, 0.25) is 0 Å². The van der Waals surface area contributed by atoms with Crippen molar-refractivity contribution in [1.82, 2.24) is 0 Å². The summed E-state index contributed by atoms with van der Waals surface area (Å²) in [5.41, 5.74) is 1.12. The Morgan fingerprint density at radius 3 is 2.07 bits per heavy atom. The minimum atomic E-state index is 0.194. The van der Waals surface area contributed by atoms with E-state index in [0.717, 1.165) is 23.5 Å². The minimum absolute atomic E-state index is 0.194. The lowest BCUT2D eigenvalue weighted by atomic mass is 10.0. The predicted molar refractivity (Wildman–Crippen MR) is 59.5 cm³/mol. The number of methoxy groups -OCH3 is 2. The highest BCUT2D eigenvalue weighted by Crippen LogP contribution is 2.24. The average molecular weight is 210 g/mol. The SMILES string of the molecule is COc1cc(C[C@@H](C)CO)cc(OC)c1. The monoisotopic (exact) mass is 210 g/mol. The van der Waals surface area contributed by atoms with Crippen molar-refractivity contribution in [3.63, 3.8) is 0 Å². The number of aliphatic hydroxyl groups excluding tert-OH is 1. The van der Waals surface area contributed by atoms with Gasteiger partial charge in [-0.1, -0.05) is 6.92 Å². The summed E-state index contributed by atoms with van der Waals surface area (Å²) < 4.78 is 10.3. The molecule has 0 radical (unpaired) electrons. The van der Waals surface area contributed by atoms with Gasteiger partial charge in [0.15, 0.2) is 0 Å². The van der Waals surface area contributed by atoms with Crippen molar-refractivity contribution in [1.29, 1.82) is 0 Å². The van der Waals surface area contributed by atoms with Gasteiger partial charge in [0.2, 0.25) is 0 Å². The van der Waals surface area contributed by atoms with E-state index in [1.165, 1.54) is 0 Å². The van der Waals surface area contributed by atoms with Gasteiger partial charge in [-0.25, -0.2) is 0 Å². The van der Waals surface area contributed by atoms with Gasteiger partial charge in [-0.05, 0) is 30.0 Å². The number of benzene rings is 1. The molecule has 0 aliphatic carbocycles. The molecule has 0 bridgehead atoms. The second kappa shape index (κ2) is 5.61. The van der Waals surface area contributed by atoms with Crippen LogP contribution in [0.3, 0.4) is 0 Å². The van der Waals surface area contributed by atoms with Crippen LogP contribution in [0.25, 0.3) is 0 Å². The van der Waals surface area contributed by atoms with Gasteiger partial charge in [0.1, 0.15) is 11.5 Å². The van der Waals surface area contributed by atoms with Crippen LogP contribution in [0.4, 0.5) is 0 Å². The summed E-state index contributed by atoms with van der Waals surface area (Å²) in [4.78, 5) is 0. The maximum Gasteiger partial charge on any atom is 0.122 e. The number of hydrogen-bond acceptors (Lipinski definition) is 3. The Morgan fingerprint density at radius 1 is 1.13 bits per heavy atom. The van der Waals surface area contributed by atoms with Crippen LogP contribution in [0.5, 0.6) is 11.5 Å². The first kappa shape index (κ1) is 11.9. The molecule has 0 amide bonds.